The number of hydrogen-bond acceptors (Lipinski definition) is 4. The van der Waals surface area contributed by atoms with Crippen LogP contribution in [-0.2, 0) is 0 Å². The molecule has 4 rings (SSSR count). The second-order valence-electron chi connectivity index (χ2n) is 7.55. The Morgan fingerprint density at radius 3 is 2.30 bits per heavy atom. The maximum absolute atomic E-state index is 14.3. The SMILES string of the molecule is COc1c(F)c(F)c(C(=O)Nc2cccc(-c3nc4cc(C)cc(C)c4o3)c2C)c(F)c1F. The van der Waals surface area contributed by atoms with Crippen LogP contribution in [0, 0.1) is 44.0 Å². The van der Waals surface area contributed by atoms with Crippen LogP contribution in [0.2, 0.25) is 0 Å². The molecule has 0 aliphatic rings. The van der Waals surface area contributed by atoms with E-state index in [1.165, 1.54) is 6.07 Å². The van der Waals surface area contributed by atoms with Gasteiger partial charge in [0.05, 0.1) is 7.11 Å². The number of aryl methyl sites for hydroxylation is 2. The molecular weight excluding hydrogens is 440 g/mol. The van der Waals surface area contributed by atoms with Crippen molar-refractivity contribution < 1.29 is 31.5 Å². The zero-order valence-electron chi connectivity index (χ0n) is 18.1. The minimum atomic E-state index is -1.86. The third-order valence-electron chi connectivity index (χ3n) is 5.29. The Morgan fingerprint density at radius 1 is 1.00 bits per heavy atom. The van der Waals surface area contributed by atoms with E-state index in [-0.39, 0.29) is 11.6 Å². The Balaban J connectivity index is 1.74. The molecule has 0 bridgehead atoms. The van der Waals surface area contributed by atoms with Crippen LogP contribution in [-0.4, -0.2) is 18.0 Å². The van der Waals surface area contributed by atoms with Crippen molar-refractivity contribution in [3.8, 4) is 17.2 Å². The fraction of sp³-hybridized carbons (Fsp3) is 0.167. The van der Waals surface area contributed by atoms with Crippen LogP contribution < -0.4 is 10.1 Å². The van der Waals surface area contributed by atoms with Crippen molar-refractivity contribution >= 4 is 22.7 Å². The van der Waals surface area contributed by atoms with Crippen molar-refractivity contribution in [1.29, 1.82) is 0 Å². The van der Waals surface area contributed by atoms with Crippen LogP contribution in [0.15, 0.2) is 34.7 Å². The van der Waals surface area contributed by atoms with Crippen LogP contribution in [0.25, 0.3) is 22.6 Å². The van der Waals surface area contributed by atoms with E-state index in [2.05, 4.69) is 15.0 Å². The quantitative estimate of drug-likeness (QED) is 0.291. The molecule has 1 aromatic heterocycles. The predicted octanol–water partition coefficient (Wildman–Crippen LogP) is 6.24. The Bertz CT molecular complexity index is 1400. The summed E-state index contributed by atoms with van der Waals surface area (Å²) in [7, 11) is 0.851. The molecule has 0 saturated heterocycles. The first-order valence-corrected chi connectivity index (χ1v) is 9.83. The van der Waals surface area contributed by atoms with Gasteiger partial charge in [0.25, 0.3) is 5.91 Å². The van der Waals surface area contributed by atoms with Gasteiger partial charge < -0.3 is 14.5 Å². The number of ether oxygens (including phenoxy) is 1. The van der Waals surface area contributed by atoms with Crippen molar-refractivity contribution in [1.82, 2.24) is 4.98 Å². The van der Waals surface area contributed by atoms with Gasteiger partial charge in [0.2, 0.25) is 17.5 Å². The van der Waals surface area contributed by atoms with E-state index in [4.69, 9.17) is 4.42 Å². The van der Waals surface area contributed by atoms with E-state index in [0.717, 1.165) is 18.2 Å². The number of nitrogens with zero attached hydrogens (tertiary/aromatic N) is 1. The molecule has 1 amide bonds. The van der Waals surface area contributed by atoms with Gasteiger partial charge in [-0.25, -0.2) is 13.8 Å². The van der Waals surface area contributed by atoms with E-state index in [1.807, 2.05) is 26.0 Å². The summed E-state index contributed by atoms with van der Waals surface area (Å²) in [5.41, 5.74) is 2.94. The Labute approximate surface area is 186 Å². The van der Waals surface area contributed by atoms with Gasteiger partial charge >= 0.3 is 0 Å². The molecule has 3 aromatic carbocycles. The number of carbonyl (C=O) groups excluding carboxylic acids is 1. The Hall–Kier alpha value is -3.88. The number of fused-ring (bicyclic) bond motifs is 1. The standard InChI is InChI=1S/C24H18F4N2O3/c1-10-8-11(2)21-15(9-10)30-24(33-21)13-6-5-7-14(12(13)3)29-23(31)16-17(25)19(27)22(32-4)20(28)18(16)26/h5-9H,1-4H3,(H,29,31). The maximum atomic E-state index is 14.3. The predicted molar refractivity (Wildman–Crippen MR) is 114 cm³/mol. The van der Waals surface area contributed by atoms with Gasteiger partial charge in [-0.1, -0.05) is 12.1 Å². The van der Waals surface area contributed by atoms with Crippen LogP contribution >= 0.6 is 0 Å². The lowest BCUT2D eigenvalue weighted by atomic mass is 10.1. The molecule has 0 fully saturated rings. The molecule has 0 spiro atoms. The maximum Gasteiger partial charge on any atom is 0.261 e. The number of hydrogen-bond donors (Lipinski definition) is 1. The van der Waals surface area contributed by atoms with Gasteiger partial charge in [-0.15, -0.1) is 0 Å². The van der Waals surface area contributed by atoms with Gasteiger partial charge in [0.1, 0.15) is 11.1 Å². The third kappa shape index (κ3) is 3.69. The van der Waals surface area contributed by atoms with Crippen LogP contribution in [0.5, 0.6) is 5.75 Å². The molecule has 0 aliphatic heterocycles. The summed E-state index contributed by atoms with van der Waals surface area (Å²) in [6, 6.07) is 8.57. The monoisotopic (exact) mass is 458 g/mol. The first-order valence-electron chi connectivity index (χ1n) is 9.83. The van der Waals surface area contributed by atoms with E-state index in [9.17, 15) is 22.4 Å². The number of aromatic nitrogens is 1. The molecule has 0 saturated carbocycles. The number of rotatable bonds is 4. The molecule has 0 atom stereocenters. The molecule has 5 nitrogen and oxygen atoms in total. The second kappa shape index (κ2) is 8.23. The fourth-order valence-corrected chi connectivity index (χ4v) is 3.67. The average molecular weight is 458 g/mol. The first-order chi connectivity index (χ1) is 15.6. The number of halogens is 4. The first kappa shape index (κ1) is 22.3. The van der Waals surface area contributed by atoms with E-state index in [0.29, 0.717) is 22.2 Å². The molecule has 4 aromatic rings. The average Bonchev–Trinajstić information content (AvgIpc) is 3.18. The fourth-order valence-electron chi connectivity index (χ4n) is 3.67. The van der Waals surface area contributed by atoms with Crippen molar-refractivity contribution in [2.45, 2.75) is 20.8 Å². The molecule has 1 N–H and O–H groups in total. The number of carbonyl (C=O) groups is 1. The number of anilines is 1. The number of oxazole rings is 1. The largest absolute Gasteiger partial charge is 0.491 e. The Kier molecular flexibility index (Phi) is 5.57. The lowest BCUT2D eigenvalue weighted by molar-refractivity contribution is 0.101. The van der Waals surface area contributed by atoms with Crippen molar-refractivity contribution in [3.63, 3.8) is 0 Å². The molecule has 0 radical (unpaired) electrons. The van der Waals surface area contributed by atoms with Gasteiger partial charge in [-0.3, -0.25) is 4.79 Å². The van der Waals surface area contributed by atoms with E-state index < -0.39 is 40.5 Å². The van der Waals surface area contributed by atoms with E-state index >= 15 is 0 Å². The smallest absolute Gasteiger partial charge is 0.261 e. The normalized spacial score (nSPS) is 11.2. The van der Waals surface area contributed by atoms with Crippen LogP contribution in [0.1, 0.15) is 27.0 Å². The van der Waals surface area contributed by atoms with Crippen molar-refractivity contribution in [2.75, 3.05) is 12.4 Å². The minimum Gasteiger partial charge on any atom is -0.491 e. The van der Waals surface area contributed by atoms with Gasteiger partial charge in [-0.2, -0.15) is 8.78 Å². The summed E-state index contributed by atoms with van der Waals surface area (Å²) >= 11 is 0. The van der Waals surface area contributed by atoms with Crippen LogP contribution in [0.3, 0.4) is 0 Å². The zero-order valence-corrected chi connectivity index (χ0v) is 18.1. The summed E-state index contributed by atoms with van der Waals surface area (Å²) in [6.45, 7) is 5.47. The van der Waals surface area contributed by atoms with Gasteiger partial charge in [-0.05, 0) is 55.7 Å². The molecule has 0 unspecified atom stereocenters. The number of benzene rings is 3. The topological polar surface area (TPSA) is 64.4 Å². The van der Waals surface area contributed by atoms with Crippen LogP contribution in [0.4, 0.5) is 23.2 Å². The highest BCUT2D eigenvalue weighted by atomic mass is 19.2. The minimum absolute atomic E-state index is 0.156. The number of methoxy groups -OCH3 is 1. The number of amides is 1. The zero-order chi connectivity index (χ0) is 24.0. The molecule has 0 aliphatic carbocycles. The summed E-state index contributed by atoms with van der Waals surface area (Å²) in [5.74, 6) is -9.65. The van der Waals surface area contributed by atoms with E-state index in [1.54, 1.807) is 19.1 Å². The lowest BCUT2D eigenvalue weighted by Gasteiger charge is -2.13. The molecular formula is C24H18F4N2O3. The summed E-state index contributed by atoms with van der Waals surface area (Å²) < 4.78 is 66.9. The lowest BCUT2D eigenvalue weighted by Crippen LogP contribution is -2.19. The summed E-state index contributed by atoms with van der Waals surface area (Å²) in [5, 5.41) is 2.30. The highest BCUT2D eigenvalue weighted by Crippen LogP contribution is 2.34. The molecule has 9 heteroatoms. The summed E-state index contributed by atoms with van der Waals surface area (Å²) in [4.78, 5) is 17.1. The molecule has 33 heavy (non-hydrogen) atoms. The molecule has 1 heterocycles. The van der Waals surface area contributed by atoms with Crippen molar-refractivity contribution in [2.24, 2.45) is 0 Å². The van der Waals surface area contributed by atoms with Gasteiger partial charge in [0, 0.05) is 11.3 Å². The number of nitrogens with one attached hydrogen (secondary N) is 1. The highest BCUT2D eigenvalue weighted by Gasteiger charge is 2.30. The second-order valence-corrected chi connectivity index (χ2v) is 7.55. The molecule has 170 valence electrons. The third-order valence-corrected chi connectivity index (χ3v) is 5.29. The Morgan fingerprint density at radius 2 is 1.67 bits per heavy atom. The highest BCUT2D eigenvalue weighted by molar-refractivity contribution is 6.05. The summed E-state index contributed by atoms with van der Waals surface area (Å²) in [6.07, 6.45) is 0. The van der Waals surface area contributed by atoms with Crippen molar-refractivity contribution in [3.05, 3.63) is 75.9 Å². The van der Waals surface area contributed by atoms with Gasteiger partial charge in [0.15, 0.2) is 23.0 Å².